The Labute approximate surface area is 111 Å². The van der Waals surface area contributed by atoms with Crippen molar-refractivity contribution < 1.29 is 14.5 Å². The van der Waals surface area contributed by atoms with Crippen molar-refractivity contribution in [2.45, 2.75) is 38.9 Å². The average Bonchev–Trinajstić information content (AvgIpc) is 2.82. The zero-order valence-corrected chi connectivity index (χ0v) is 10.8. The summed E-state index contributed by atoms with van der Waals surface area (Å²) < 4.78 is 10.3. The summed E-state index contributed by atoms with van der Waals surface area (Å²) in [5.41, 5.74) is 3.65. The van der Waals surface area contributed by atoms with E-state index in [-0.39, 0.29) is 6.10 Å². The summed E-state index contributed by atoms with van der Waals surface area (Å²) in [6.07, 6.45) is 2.52. The number of benzene rings is 1. The first-order valence-corrected chi connectivity index (χ1v) is 6.46. The van der Waals surface area contributed by atoms with Crippen molar-refractivity contribution in [1.82, 2.24) is 10.3 Å². The number of nitrogens with zero attached hydrogens (tertiary/aromatic N) is 2. The minimum absolute atomic E-state index is 0.334. The molecule has 1 heterocycles. The van der Waals surface area contributed by atoms with Gasteiger partial charge in [-0.1, -0.05) is 16.4 Å². The summed E-state index contributed by atoms with van der Waals surface area (Å²) in [7, 11) is 0. The molecule has 1 aliphatic rings. The maximum atomic E-state index is 9.90. The maximum Gasteiger partial charge on any atom is 0.145 e. The zero-order valence-electron chi connectivity index (χ0n) is 10.8. The highest BCUT2D eigenvalue weighted by atomic mass is 16.6. The van der Waals surface area contributed by atoms with E-state index in [4.69, 9.17) is 4.74 Å². The van der Waals surface area contributed by atoms with Gasteiger partial charge in [0.1, 0.15) is 23.7 Å². The van der Waals surface area contributed by atoms with Crippen molar-refractivity contribution >= 4 is 0 Å². The van der Waals surface area contributed by atoms with Crippen LogP contribution in [0.3, 0.4) is 0 Å². The largest absolute Gasteiger partial charge is 0.487 e. The van der Waals surface area contributed by atoms with Gasteiger partial charge >= 0.3 is 0 Å². The Bertz CT molecular complexity index is 580. The summed E-state index contributed by atoms with van der Waals surface area (Å²) in [6, 6.07) is 5.83. The van der Waals surface area contributed by atoms with Gasteiger partial charge in [0.2, 0.25) is 0 Å². The Balaban J connectivity index is 1.74. The Morgan fingerprint density at radius 2 is 2.32 bits per heavy atom. The third-order valence-corrected chi connectivity index (χ3v) is 3.52. The minimum atomic E-state index is -0.334. The van der Waals surface area contributed by atoms with Gasteiger partial charge in [-0.25, -0.2) is 4.63 Å². The molecule has 0 bridgehead atoms. The number of aliphatic hydroxyl groups is 1. The normalized spacial score (nSPS) is 18.1. The van der Waals surface area contributed by atoms with Crippen LogP contribution in [0.2, 0.25) is 0 Å². The lowest BCUT2D eigenvalue weighted by Gasteiger charge is -2.21. The highest BCUT2D eigenvalue weighted by Crippen LogP contribution is 2.32. The van der Waals surface area contributed by atoms with E-state index in [2.05, 4.69) is 14.9 Å². The molecule has 1 unspecified atom stereocenters. The number of fused-ring (bicyclic) bond motifs is 1. The number of aryl methyl sites for hydroxylation is 2. The van der Waals surface area contributed by atoms with Gasteiger partial charge in [-0.05, 0) is 49.4 Å². The van der Waals surface area contributed by atoms with E-state index >= 15 is 0 Å². The fourth-order valence-electron chi connectivity index (χ4n) is 2.39. The van der Waals surface area contributed by atoms with E-state index in [9.17, 15) is 5.11 Å². The molecule has 0 saturated heterocycles. The lowest BCUT2D eigenvalue weighted by atomic mass is 9.89. The van der Waals surface area contributed by atoms with E-state index in [0.717, 1.165) is 36.3 Å². The van der Waals surface area contributed by atoms with Crippen molar-refractivity contribution in [1.29, 1.82) is 0 Å². The van der Waals surface area contributed by atoms with E-state index in [1.165, 1.54) is 5.56 Å². The second-order valence-electron chi connectivity index (χ2n) is 4.85. The highest BCUT2D eigenvalue weighted by molar-refractivity contribution is 5.38. The molecule has 0 fully saturated rings. The standard InChI is InChI=1S/C14H16N2O3/c1-9-13(16-19-15-9)8-18-11-5-6-12-10(7-11)3-2-4-14(12)17/h5-7,14,17H,2-4,8H2,1H3. The molecule has 1 atom stereocenters. The van der Waals surface area contributed by atoms with Crippen LogP contribution in [-0.2, 0) is 13.0 Å². The van der Waals surface area contributed by atoms with Crippen molar-refractivity contribution in [3.8, 4) is 5.75 Å². The molecule has 5 nitrogen and oxygen atoms in total. The molecule has 19 heavy (non-hydrogen) atoms. The zero-order chi connectivity index (χ0) is 13.2. The van der Waals surface area contributed by atoms with Crippen molar-refractivity contribution in [2.24, 2.45) is 0 Å². The Hall–Kier alpha value is -1.88. The van der Waals surface area contributed by atoms with Crippen LogP contribution in [-0.4, -0.2) is 15.4 Å². The van der Waals surface area contributed by atoms with Crippen LogP contribution in [0, 0.1) is 6.92 Å². The lowest BCUT2D eigenvalue weighted by molar-refractivity contribution is 0.156. The second kappa shape index (κ2) is 5.01. The molecule has 1 aromatic carbocycles. The molecular formula is C14H16N2O3. The molecule has 0 aliphatic heterocycles. The predicted molar refractivity (Wildman–Crippen MR) is 67.7 cm³/mol. The van der Waals surface area contributed by atoms with E-state index in [1.807, 2.05) is 25.1 Å². The van der Waals surface area contributed by atoms with Crippen molar-refractivity contribution in [2.75, 3.05) is 0 Å². The smallest absolute Gasteiger partial charge is 0.145 e. The summed E-state index contributed by atoms with van der Waals surface area (Å²) in [5, 5.41) is 17.4. The number of rotatable bonds is 3. The summed E-state index contributed by atoms with van der Waals surface area (Å²) in [4.78, 5) is 0. The van der Waals surface area contributed by atoms with Crippen molar-refractivity contribution in [3.05, 3.63) is 40.7 Å². The quantitative estimate of drug-likeness (QED) is 0.917. The van der Waals surface area contributed by atoms with Crippen LogP contribution in [0.1, 0.15) is 41.5 Å². The molecule has 0 amide bonds. The van der Waals surface area contributed by atoms with Gasteiger partial charge in [0.15, 0.2) is 0 Å². The number of hydrogen-bond acceptors (Lipinski definition) is 5. The maximum absolute atomic E-state index is 9.90. The summed E-state index contributed by atoms with van der Waals surface area (Å²) in [6.45, 7) is 2.18. The minimum Gasteiger partial charge on any atom is -0.487 e. The molecule has 3 rings (SSSR count). The third kappa shape index (κ3) is 2.46. The molecule has 0 spiro atoms. The molecule has 1 N–H and O–H groups in total. The van der Waals surface area contributed by atoms with Gasteiger partial charge in [0.25, 0.3) is 0 Å². The molecule has 1 aliphatic carbocycles. The number of hydrogen-bond donors (Lipinski definition) is 1. The second-order valence-corrected chi connectivity index (χ2v) is 4.85. The van der Waals surface area contributed by atoms with Gasteiger partial charge < -0.3 is 9.84 Å². The fraction of sp³-hybridized carbons (Fsp3) is 0.429. The van der Waals surface area contributed by atoms with Gasteiger partial charge in [-0.2, -0.15) is 0 Å². The number of aromatic nitrogens is 2. The van der Waals surface area contributed by atoms with E-state index in [0.29, 0.717) is 12.3 Å². The van der Waals surface area contributed by atoms with Crippen molar-refractivity contribution in [3.63, 3.8) is 0 Å². The summed E-state index contributed by atoms with van der Waals surface area (Å²) >= 11 is 0. The van der Waals surface area contributed by atoms with Crippen LogP contribution in [0.15, 0.2) is 22.8 Å². The van der Waals surface area contributed by atoms with Crippen LogP contribution < -0.4 is 4.74 Å². The lowest BCUT2D eigenvalue weighted by Crippen LogP contribution is -2.09. The average molecular weight is 260 g/mol. The Kier molecular flexibility index (Phi) is 3.21. The predicted octanol–water partition coefficient (Wildman–Crippen LogP) is 2.33. The van der Waals surface area contributed by atoms with Crippen LogP contribution >= 0.6 is 0 Å². The van der Waals surface area contributed by atoms with Gasteiger partial charge in [-0.15, -0.1) is 0 Å². The van der Waals surface area contributed by atoms with Crippen LogP contribution in [0.4, 0.5) is 0 Å². The molecule has 5 heteroatoms. The van der Waals surface area contributed by atoms with Gasteiger partial charge in [0, 0.05) is 0 Å². The van der Waals surface area contributed by atoms with Crippen LogP contribution in [0.5, 0.6) is 5.75 Å². The Morgan fingerprint density at radius 1 is 1.42 bits per heavy atom. The van der Waals surface area contributed by atoms with Crippen LogP contribution in [0.25, 0.3) is 0 Å². The molecule has 1 aromatic heterocycles. The first-order chi connectivity index (χ1) is 9.24. The summed E-state index contributed by atoms with van der Waals surface area (Å²) in [5.74, 6) is 0.787. The number of aliphatic hydroxyl groups excluding tert-OH is 1. The van der Waals surface area contributed by atoms with Gasteiger partial charge in [-0.3, -0.25) is 0 Å². The first-order valence-electron chi connectivity index (χ1n) is 6.46. The first kappa shape index (κ1) is 12.2. The number of ether oxygens (including phenoxy) is 1. The monoisotopic (exact) mass is 260 g/mol. The third-order valence-electron chi connectivity index (χ3n) is 3.52. The molecule has 0 radical (unpaired) electrons. The molecular weight excluding hydrogens is 244 g/mol. The SMILES string of the molecule is Cc1nonc1COc1ccc2c(c1)CCCC2O. The highest BCUT2D eigenvalue weighted by Gasteiger charge is 2.18. The Morgan fingerprint density at radius 3 is 3.11 bits per heavy atom. The fourth-order valence-corrected chi connectivity index (χ4v) is 2.39. The van der Waals surface area contributed by atoms with Gasteiger partial charge in [0.05, 0.1) is 6.10 Å². The van der Waals surface area contributed by atoms with E-state index < -0.39 is 0 Å². The molecule has 0 saturated carbocycles. The molecule has 100 valence electrons. The van der Waals surface area contributed by atoms with E-state index in [1.54, 1.807) is 0 Å². The topological polar surface area (TPSA) is 68.4 Å². The molecule has 2 aromatic rings.